The van der Waals surface area contributed by atoms with Gasteiger partial charge >= 0.3 is 5.97 Å². The molecule has 2 aromatic rings. The first kappa shape index (κ1) is 24.9. The second kappa shape index (κ2) is 9.96. The van der Waals surface area contributed by atoms with Crippen molar-refractivity contribution < 1.29 is 23.9 Å². The number of ether oxygens (including phenoxy) is 1. The zero-order chi connectivity index (χ0) is 26.3. The van der Waals surface area contributed by atoms with Crippen molar-refractivity contribution in [2.75, 3.05) is 16.3 Å². The molecule has 1 aliphatic carbocycles. The Morgan fingerprint density at radius 3 is 2.14 bits per heavy atom. The molecule has 37 heavy (non-hydrogen) atoms. The number of aryl methyl sites for hydroxylation is 3. The van der Waals surface area contributed by atoms with Crippen LogP contribution < -0.4 is 14.5 Å². The number of hydrogen-bond donors (Lipinski definition) is 0. The molecule has 3 amide bonds. The number of esters is 1. The molecule has 192 valence electrons. The van der Waals surface area contributed by atoms with Crippen LogP contribution in [-0.4, -0.2) is 30.2 Å². The molecule has 0 spiro atoms. The van der Waals surface area contributed by atoms with Gasteiger partial charge in [0.05, 0.1) is 23.4 Å². The summed E-state index contributed by atoms with van der Waals surface area (Å²) in [7, 11) is 0. The number of allylic oxidation sites excluding steroid dienone is 2. The molecular weight excluding hydrogens is 468 g/mol. The van der Waals surface area contributed by atoms with Crippen molar-refractivity contribution in [2.24, 2.45) is 17.8 Å². The van der Waals surface area contributed by atoms with Crippen LogP contribution in [-0.2, 0) is 32.0 Å². The van der Waals surface area contributed by atoms with Gasteiger partial charge in [0.1, 0.15) is 5.75 Å². The number of rotatable bonds is 6. The van der Waals surface area contributed by atoms with Crippen molar-refractivity contribution in [3.63, 3.8) is 0 Å². The molecule has 3 aliphatic rings. The third-order valence-corrected chi connectivity index (χ3v) is 7.83. The monoisotopic (exact) mass is 500 g/mol. The Hall–Kier alpha value is -3.74. The van der Waals surface area contributed by atoms with E-state index >= 15 is 0 Å². The highest BCUT2D eigenvalue weighted by Gasteiger charge is 2.48. The molecule has 0 unspecified atom stereocenters. The molecule has 2 aromatic carbocycles. The molecule has 2 heterocycles. The largest absolute Gasteiger partial charge is 0.426 e. The van der Waals surface area contributed by atoms with Crippen molar-refractivity contribution in [1.82, 2.24) is 0 Å². The van der Waals surface area contributed by atoms with Crippen molar-refractivity contribution in [3.05, 3.63) is 65.2 Å². The number of nitrogens with zero attached hydrogens (tertiary/aromatic N) is 2. The van der Waals surface area contributed by atoms with Gasteiger partial charge in [-0.05, 0) is 67.5 Å². The topological polar surface area (TPSA) is 84.0 Å². The van der Waals surface area contributed by atoms with Gasteiger partial charge in [-0.1, -0.05) is 44.2 Å². The Balaban J connectivity index is 1.30. The zero-order valence-electron chi connectivity index (χ0n) is 21.5. The molecule has 5 rings (SSSR count). The molecule has 0 saturated carbocycles. The van der Waals surface area contributed by atoms with E-state index in [1.807, 2.05) is 30.4 Å². The lowest BCUT2D eigenvalue weighted by Crippen LogP contribution is -2.31. The maximum Gasteiger partial charge on any atom is 0.316 e. The molecule has 0 aromatic heterocycles. The minimum absolute atomic E-state index is 0.0777. The minimum atomic E-state index is -0.570. The summed E-state index contributed by atoms with van der Waals surface area (Å²) in [4.78, 5) is 54.9. The molecule has 7 nitrogen and oxygen atoms in total. The highest BCUT2D eigenvalue weighted by Crippen LogP contribution is 2.39. The maximum absolute atomic E-state index is 13.0. The Morgan fingerprint density at radius 1 is 0.946 bits per heavy atom. The summed E-state index contributed by atoms with van der Waals surface area (Å²) >= 11 is 0. The summed E-state index contributed by atoms with van der Waals surface area (Å²) in [6.45, 7) is 6.20. The first-order chi connectivity index (χ1) is 17.8. The van der Waals surface area contributed by atoms with E-state index in [-0.39, 0.29) is 42.5 Å². The van der Waals surface area contributed by atoms with Crippen molar-refractivity contribution >= 4 is 35.1 Å². The Kier molecular flexibility index (Phi) is 6.71. The van der Waals surface area contributed by atoms with E-state index in [9.17, 15) is 19.2 Å². The van der Waals surface area contributed by atoms with Gasteiger partial charge in [-0.3, -0.25) is 19.2 Å². The van der Waals surface area contributed by atoms with Gasteiger partial charge in [0.15, 0.2) is 0 Å². The van der Waals surface area contributed by atoms with E-state index in [0.29, 0.717) is 29.8 Å². The molecule has 0 bridgehead atoms. The van der Waals surface area contributed by atoms with E-state index in [1.54, 1.807) is 30.0 Å². The standard InChI is InChI=1S/C30H32N2O5/c1-4-19-9-8-10-20(5-2)27(19)31-17-21(16-26(31)33)30(36)37-22-13-14-25(18(3)15-22)32-28(34)23-11-6-7-12-24(23)29(32)35/h6-10,13-15,21,23-24H,4-5,11-12,16-17H2,1-3H3/t21-,23-,24+/m1/s1. The van der Waals surface area contributed by atoms with Crippen LogP contribution in [0.15, 0.2) is 48.6 Å². The number of anilines is 2. The second-order valence-electron chi connectivity index (χ2n) is 10.1. The van der Waals surface area contributed by atoms with Gasteiger partial charge in [-0.15, -0.1) is 0 Å². The van der Waals surface area contributed by atoms with Crippen LogP contribution in [0.5, 0.6) is 5.75 Å². The molecule has 2 saturated heterocycles. The summed E-state index contributed by atoms with van der Waals surface area (Å²) in [5, 5.41) is 0. The molecule has 0 radical (unpaired) electrons. The average molecular weight is 501 g/mol. The van der Waals surface area contributed by atoms with Crippen LogP contribution in [0, 0.1) is 24.7 Å². The third-order valence-electron chi connectivity index (χ3n) is 7.83. The summed E-state index contributed by atoms with van der Waals surface area (Å²) < 4.78 is 5.67. The fourth-order valence-corrected chi connectivity index (χ4v) is 5.82. The number of carbonyl (C=O) groups is 4. The fourth-order valence-electron chi connectivity index (χ4n) is 5.82. The zero-order valence-corrected chi connectivity index (χ0v) is 21.5. The Labute approximate surface area is 217 Å². The van der Waals surface area contributed by atoms with Gasteiger partial charge < -0.3 is 9.64 Å². The lowest BCUT2D eigenvalue weighted by molar-refractivity contribution is -0.139. The number of amides is 3. The molecule has 7 heteroatoms. The average Bonchev–Trinajstić information content (AvgIpc) is 3.41. The van der Waals surface area contributed by atoms with Crippen molar-refractivity contribution in [2.45, 2.75) is 52.9 Å². The maximum atomic E-state index is 13.0. The second-order valence-corrected chi connectivity index (χ2v) is 10.1. The number of hydrogen-bond acceptors (Lipinski definition) is 5. The predicted molar refractivity (Wildman–Crippen MR) is 140 cm³/mol. The Morgan fingerprint density at radius 2 is 1.57 bits per heavy atom. The third kappa shape index (κ3) is 4.37. The van der Waals surface area contributed by atoms with Crippen LogP contribution in [0.4, 0.5) is 11.4 Å². The molecule has 2 aliphatic heterocycles. The Bertz CT molecular complexity index is 1260. The number of fused-ring (bicyclic) bond motifs is 1. The number of imide groups is 1. The van der Waals surface area contributed by atoms with Crippen molar-refractivity contribution in [3.8, 4) is 5.75 Å². The summed E-state index contributed by atoms with van der Waals surface area (Å²) in [6.07, 6.45) is 6.79. The highest BCUT2D eigenvalue weighted by molar-refractivity contribution is 6.22. The first-order valence-corrected chi connectivity index (χ1v) is 13.1. The number of para-hydroxylation sites is 1. The van der Waals surface area contributed by atoms with Crippen LogP contribution in [0.1, 0.15) is 49.8 Å². The fraction of sp³-hybridized carbons (Fsp3) is 0.400. The van der Waals surface area contributed by atoms with Crippen molar-refractivity contribution in [1.29, 1.82) is 0 Å². The summed E-state index contributed by atoms with van der Waals surface area (Å²) in [5.41, 5.74) is 4.30. The van der Waals surface area contributed by atoms with Gasteiger partial charge in [0, 0.05) is 18.7 Å². The van der Waals surface area contributed by atoms with Crippen LogP contribution >= 0.6 is 0 Å². The summed E-state index contributed by atoms with van der Waals surface area (Å²) in [5.74, 6) is -1.72. The van der Waals surface area contributed by atoms with Gasteiger partial charge in [-0.2, -0.15) is 0 Å². The van der Waals surface area contributed by atoms with E-state index < -0.39 is 11.9 Å². The van der Waals surface area contributed by atoms with E-state index in [0.717, 1.165) is 29.7 Å². The minimum Gasteiger partial charge on any atom is -0.426 e. The number of carbonyl (C=O) groups excluding carboxylic acids is 4. The molecule has 0 N–H and O–H groups in total. The SMILES string of the molecule is CCc1cccc(CC)c1N1C[C@H](C(=O)Oc2ccc(N3C(=O)[C@H]4CC=CC[C@H]4C3=O)c(C)c2)CC1=O. The lowest BCUT2D eigenvalue weighted by Gasteiger charge is -2.23. The van der Waals surface area contributed by atoms with Gasteiger partial charge in [-0.25, -0.2) is 4.90 Å². The first-order valence-electron chi connectivity index (χ1n) is 13.1. The molecule has 3 atom stereocenters. The van der Waals surface area contributed by atoms with Gasteiger partial charge in [0.2, 0.25) is 17.7 Å². The van der Waals surface area contributed by atoms with E-state index in [2.05, 4.69) is 13.8 Å². The van der Waals surface area contributed by atoms with Gasteiger partial charge in [0.25, 0.3) is 0 Å². The molecular formula is C30H32N2O5. The van der Waals surface area contributed by atoms with E-state index in [4.69, 9.17) is 4.74 Å². The highest BCUT2D eigenvalue weighted by atomic mass is 16.5. The van der Waals surface area contributed by atoms with Crippen LogP contribution in [0.2, 0.25) is 0 Å². The van der Waals surface area contributed by atoms with E-state index in [1.165, 1.54) is 4.90 Å². The predicted octanol–water partition coefficient (Wildman–Crippen LogP) is 4.53. The lowest BCUT2D eigenvalue weighted by atomic mass is 9.85. The normalized spacial score (nSPS) is 23.1. The van der Waals surface area contributed by atoms with Crippen LogP contribution in [0.25, 0.3) is 0 Å². The quantitative estimate of drug-likeness (QED) is 0.252. The molecule has 2 fully saturated rings. The smallest absolute Gasteiger partial charge is 0.316 e. The number of benzene rings is 2. The summed E-state index contributed by atoms with van der Waals surface area (Å²) in [6, 6.07) is 11.0. The van der Waals surface area contributed by atoms with Crippen LogP contribution in [0.3, 0.4) is 0 Å².